The number of ether oxygens (including phenoxy) is 1. The van der Waals surface area contributed by atoms with Gasteiger partial charge in [0.2, 0.25) is 0 Å². The Kier molecular flexibility index (Phi) is 2.76. The van der Waals surface area contributed by atoms with E-state index in [0.29, 0.717) is 6.61 Å². The summed E-state index contributed by atoms with van der Waals surface area (Å²) in [5.74, 6) is -0.566. The normalized spacial score (nSPS) is 9.92. The Morgan fingerprint density at radius 3 is 2.83 bits per heavy atom. The first kappa shape index (κ1) is 9.13. The van der Waals surface area contributed by atoms with Gasteiger partial charge in [0, 0.05) is 0 Å². The van der Waals surface area contributed by atoms with Gasteiger partial charge in [-0.05, 0) is 19.1 Å². The number of hydrogen-bond donors (Lipinski definition) is 1. The lowest BCUT2D eigenvalue weighted by molar-refractivity contribution is 0.322. The van der Waals surface area contributed by atoms with Crippen molar-refractivity contribution in [3.05, 3.63) is 23.0 Å². The molecule has 0 heterocycles. The summed E-state index contributed by atoms with van der Waals surface area (Å²) in [4.78, 5) is 0. The Morgan fingerprint density at radius 1 is 1.58 bits per heavy atom. The smallest absolute Gasteiger partial charge is 0.189 e. The van der Waals surface area contributed by atoms with Crippen LogP contribution in [0.2, 0.25) is 5.02 Å². The summed E-state index contributed by atoms with van der Waals surface area (Å²) >= 11 is 5.66. The van der Waals surface area contributed by atoms with Gasteiger partial charge in [0.05, 0.1) is 17.3 Å². The van der Waals surface area contributed by atoms with E-state index in [1.165, 1.54) is 12.1 Å². The van der Waals surface area contributed by atoms with Gasteiger partial charge in [0.25, 0.3) is 0 Å². The Labute approximate surface area is 75.1 Å². The van der Waals surface area contributed by atoms with E-state index in [4.69, 9.17) is 22.1 Å². The molecule has 0 atom stereocenters. The molecular formula is C8H9ClFNO. The maximum Gasteiger partial charge on any atom is 0.189 e. The Bertz CT molecular complexity index is 291. The lowest BCUT2D eigenvalue weighted by atomic mass is 10.3. The molecule has 2 N–H and O–H groups in total. The second-order valence-corrected chi connectivity index (χ2v) is 2.62. The maximum atomic E-state index is 13.1. The summed E-state index contributed by atoms with van der Waals surface area (Å²) in [6.07, 6.45) is 0. The zero-order valence-corrected chi connectivity index (χ0v) is 7.36. The van der Waals surface area contributed by atoms with Crippen LogP contribution in [0.5, 0.6) is 5.75 Å². The van der Waals surface area contributed by atoms with Crippen molar-refractivity contribution in [1.82, 2.24) is 0 Å². The highest BCUT2D eigenvalue weighted by molar-refractivity contribution is 6.32. The molecule has 12 heavy (non-hydrogen) atoms. The molecule has 0 radical (unpaired) electrons. The summed E-state index contributed by atoms with van der Waals surface area (Å²) in [5.41, 5.74) is 5.35. The summed E-state index contributed by atoms with van der Waals surface area (Å²) in [5, 5.41) is 0.239. The quantitative estimate of drug-likeness (QED) is 0.726. The molecule has 0 aliphatic carbocycles. The number of anilines is 1. The number of benzene rings is 1. The average Bonchev–Trinajstić information content (AvgIpc) is 2.06. The first-order valence-electron chi connectivity index (χ1n) is 3.53. The van der Waals surface area contributed by atoms with Gasteiger partial charge in [-0.3, -0.25) is 0 Å². The van der Waals surface area contributed by atoms with Crippen molar-refractivity contribution in [2.24, 2.45) is 0 Å². The van der Waals surface area contributed by atoms with Gasteiger partial charge in [-0.25, -0.2) is 4.39 Å². The van der Waals surface area contributed by atoms with E-state index >= 15 is 0 Å². The third-order valence-corrected chi connectivity index (χ3v) is 1.67. The summed E-state index contributed by atoms with van der Waals surface area (Å²) in [6.45, 7) is 2.11. The molecule has 0 bridgehead atoms. The summed E-state index contributed by atoms with van der Waals surface area (Å²) in [7, 11) is 0. The average molecular weight is 190 g/mol. The number of nitrogens with two attached hydrogens (primary N) is 1. The third-order valence-electron chi connectivity index (χ3n) is 1.37. The fourth-order valence-electron chi connectivity index (χ4n) is 0.824. The molecule has 0 spiro atoms. The highest BCUT2D eigenvalue weighted by atomic mass is 35.5. The lowest BCUT2D eigenvalue weighted by Gasteiger charge is -2.07. The van der Waals surface area contributed by atoms with Crippen LogP contribution >= 0.6 is 11.6 Å². The predicted octanol–water partition coefficient (Wildman–Crippen LogP) is 2.46. The first-order valence-corrected chi connectivity index (χ1v) is 3.91. The molecule has 4 heteroatoms. The van der Waals surface area contributed by atoms with Crippen LogP contribution in [0.25, 0.3) is 0 Å². The molecule has 0 saturated heterocycles. The van der Waals surface area contributed by atoms with Crippen molar-refractivity contribution in [1.29, 1.82) is 0 Å². The zero-order chi connectivity index (χ0) is 9.14. The number of halogens is 2. The molecule has 2 nitrogen and oxygen atoms in total. The van der Waals surface area contributed by atoms with Gasteiger partial charge in [-0.2, -0.15) is 0 Å². The third kappa shape index (κ3) is 1.61. The molecule has 0 aromatic heterocycles. The molecule has 1 aromatic rings. The summed E-state index contributed by atoms with van der Waals surface area (Å²) in [6, 6.07) is 2.91. The second-order valence-electron chi connectivity index (χ2n) is 2.21. The van der Waals surface area contributed by atoms with Crippen molar-refractivity contribution >= 4 is 17.3 Å². The van der Waals surface area contributed by atoms with Gasteiger partial charge < -0.3 is 10.5 Å². The largest absolute Gasteiger partial charge is 0.489 e. The Morgan fingerprint density at radius 2 is 2.25 bits per heavy atom. The second kappa shape index (κ2) is 3.63. The highest BCUT2D eigenvalue weighted by Crippen LogP contribution is 2.30. The maximum absolute atomic E-state index is 13.1. The molecule has 1 rings (SSSR count). The molecule has 0 fully saturated rings. The SMILES string of the molecule is CCOc1c(Cl)ccc(N)c1F. The van der Waals surface area contributed by atoms with Crippen LogP contribution in [-0.2, 0) is 0 Å². The van der Waals surface area contributed by atoms with E-state index < -0.39 is 5.82 Å². The van der Waals surface area contributed by atoms with E-state index in [1.54, 1.807) is 6.92 Å². The van der Waals surface area contributed by atoms with E-state index in [9.17, 15) is 4.39 Å². The minimum absolute atomic E-state index is 0.0270. The summed E-state index contributed by atoms with van der Waals surface area (Å²) < 4.78 is 18.1. The van der Waals surface area contributed by atoms with E-state index in [1.807, 2.05) is 0 Å². The van der Waals surface area contributed by atoms with Crippen LogP contribution in [0.1, 0.15) is 6.92 Å². The highest BCUT2D eigenvalue weighted by Gasteiger charge is 2.10. The van der Waals surface area contributed by atoms with Gasteiger partial charge in [0.15, 0.2) is 11.6 Å². The van der Waals surface area contributed by atoms with E-state index in [0.717, 1.165) is 0 Å². The molecule has 0 aliphatic heterocycles. The fraction of sp³-hybridized carbons (Fsp3) is 0.250. The van der Waals surface area contributed by atoms with Crippen LogP contribution in [0.4, 0.5) is 10.1 Å². The van der Waals surface area contributed by atoms with Crippen molar-refractivity contribution in [2.45, 2.75) is 6.92 Å². The van der Waals surface area contributed by atoms with Crippen LogP contribution in [-0.4, -0.2) is 6.61 Å². The minimum atomic E-state index is -0.593. The standard InChI is InChI=1S/C8H9ClFNO/c1-2-12-8-5(9)3-4-6(11)7(8)10/h3-4H,2,11H2,1H3. The van der Waals surface area contributed by atoms with Crippen molar-refractivity contribution < 1.29 is 9.13 Å². The van der Waals surface area contributed by atoms with Crippen LogP contribution in [0.3, 0.4) is 0 Å². The van der Waals surface area contributed by atoms with Crippen LogP contribution in [0, 0.1) is 5.82 Å². The molecule has 66 valence electrons. The zero-order valence-electron chi connectivity index (χ0n) is 6.60. The predicted molar refractivity (Wildman–Crippen MR) is 47.0 cm³/mol. The monoisotopic (exact) mass is 189 g/mol. The molecule has 0 unspecified atom stereocenters. The van der Waals surface area contributed by atoms with Gasteiger partial charge in [-0.1, -0.05) is 11.6 Å². The number of rotatable bonds is 2. The van der Waals surface area contributed by atoms with Gasteiger partial charge >= 0.3 is 0 Å². The molecule has 0 saturated carbocycles. The Hall–Kier alpha value is -0.960. The van der Waals surface area contributed by atoms with Crippen LogP contribution < -0.4 is 10.5 Å². The topological polar surface area (TPSA) is 35.2 Å². The molecular weight excluding hydrogens is 181 g/mol. The van der Waals surface area contributed by atoms with Crippen molar-refractivity contribution in [2.75, 3.05) is 12.3 Å². The van der Waals surface area contributed by atoms with Crippen molar-refractivity contribution in [3.8, 4) is 5.75 Å². The van der Waals surface area contributed by atoms with Crippen molar-refractivity contribution in [3.63, 3.8) is 0 Å². The Balaban J connectivity index is 3.14. The lowest BCUT2D eigenvalue weighted by Crippen LogP contribution is -1.98. The fourth-order valence-corrected chi connectivity index (χ4v) is 1.02. The van der Waals surface area contributed by atoms with E-state index in [2.05, 4.69) is 0 Å². The molecule has 1 aromatic carbocycles. The minimum Gasteiger partial charge on any atom is -0.489 e. The molecule has 0 amide bonds. The van der Waals surface area contributed by atoms with Gasteiger partial charge in [0.1, 0.15) is 0 Å². The number of nitrogen functional groups attached to an aromatic ring is 1. The molecule has 0 aliphatic rings. The number of hydrogen-bond acceptors (Lipinski definition) is 2. The first-order chi connectivity index (χ1) is 5.66. The van der Waals surface area contributed by atoms with Gasteiger partial charge in [-0.15, -0.1) is 0 Å². The van der Waals surface area contributed by atoms with Crippen LogP contribution in [0.15, 0.2) is 12.1 Å². The van der Waals surface area contributed by atoms with E-state index in [-0.39, 0.29) is 16.5 Å².